The molecule has 4 aliphatic rings. The Morgan fingerprint density at radius 3 is 2.58 bits per heavy atom. The molecule has 0 radical (unpaired) electrons. The zero-order valence-electron chi connectivity index (χ0n) is 22.9. The van der Waals surface area contributed by atoms with Gasteiger partial charge in [0, 0.05) is 35.6 Å². The molecule has 0 bridgehead atoms. The number of likely N-dealkylation sites (N-methyl/N-ethyl adjacent to an activating group) is 2. The predicted octanol–water partition coefficient (Wildman–Crippen LogP) is -0.715. The zero-order valence-corrected chi connectivity index (χ0v) is 23.8. The van der Waals surface area contributed by atoms with Gasteiger partial charge in [-0.25, -0.2) is 4.79 Å². The van der Waals surface area contributed by atoms with Crippen LogP contribution in [0, 0.1) is 17.8 Å². The molecule has 5 N–H and O–H groups in total. The van der Waals surface area contributed by atoms with Crippen molar-refractivity contribution in [3.63, 3.8) is 0 Å². The van der Waals surface area contributed by atoms with Crippen LogP contribution in [0.1, 0.15) is 26.7 Å². The first kappa shape index (κ1) is 29.0. The number of amides is 2. The Hall–Kier alpha value is -1.99. The number of nitrogens with one attached hydrogen (secondary N) is 2. The molecule has 212 valence electrons. The quantitative estimate of drug-likeness (QED) is 0.193. The van der Waals surface area contributed by atoms with Crippen LogP contribution in [0.3, 0.4) is 0 Å². The number of fused-ring (bicyclic) bond motifs is 1. The van der Waals surface area contributed by atoms with E-state index in [9.17, 15) is 24.3 Å². The Kier molecular flexibility index (Phi) is 8.88. The van der Waals surface area contributed by atoms with E-state index in [4.69, 9.17) is 5.73 Å². The van der Waals surface area contributed by atoms with Gasteiger partial charge in [0.05, 0.1) is 64.3 Å². The molecule has 2 amide bonds. The summed E-state index contributed by atoms with van der Waals surface area (Å²) >= 11 is 1.50. The number of carboxylic acid groups (broad SMARTS) is 1. The summed E-state index contributed by atoms with van der Waals surface area (Å²) in [5.41, 5.74) is 5.83. The molecule has 4 rings (SSSR count). The Bertz CT molecular complexity index is 997. The maximum atomic E-state index is 13.2. The second kappa shape index (κ2) is 11.6. The Morgan fingerprint density at radius 1 is 1.29 bits per heavy atom. The lowest BCUT2D eigenvalue weighted by Gasteiger charge is -2.47. The molecule has 0 saturated carbocycles. The fraction of sp³-hybridized carbons (Fsp3) is 0.769. The minimum absolute atomic E-state index is 0.0423. The molecule has 11 nitrogen and oxygen atoms in total. The van der Waals surface area contributed by atoms with E-state index in [0.29, 0.717) is 37.5 Å². The number of aliphatic carboxylic acids is 1. The highest BCUT2D eigenvalue weighted by molar-refractivity contribution is 8.03. The molecule has 0 aromatic heterocycles. The van der Waals surface area contributed by atoms with Gasteiger partial charge in [0.1, 0.15) is 11.5 Å². The molecule has 0 aromatic carbocycles. The van der Waals surface area contributed by atoms with Crippen molar-refractivity contribution in [3.8, 4) is 0 Å². The molecule has 4 heterocycles. The van der Waals surface area contributed by atoms with Gasteiger partial charge in [-0.1, -0.05) is 13.8 Å². The van der Waals surface area contributed by atoms with E-state index in [1.54, 1.807) is 7.05 Å². The molecule has 6 atom stereocenters. The lowest BCUT2D eigenvalue weighted by Crippen LogP contribution is -2.62. The van der Waals surface area contributed by atoms with Gasteiger partial charge in [-0.3, -0.25) is 14.4 Å². The van der Waals surface area contributed by atoms with E-state index in [0.717, 1.165) is 24.1 Å². The van der Waals surface area contributed by atoms with Crippen LogP contribution in [0.25, 0.3) is 0 Å². The standard InChI is InChI=1S/C26H42N6O5S/c1-15(11-17(33)13-28-3)20-21-16(2)23(22(26(36)37)31(21)25(20)35)38-18-12-19(29-14-18)24(34)30-6-9-32(4,8-5-27)10-7-30/h15-16,18-21,28-29H,5-14,27H2,1-4H3/p+1/t15-,16+,18?,19-,20+,21+/m0/s1. The summed E-state index contributed by atoms with van der Waals surface area (Å²) in [6.07, 6.45) is 0.908. The van der Waals surface area contributed by atoms with E-state index < -0.39 is 5.97 Å². The number of thioether (sulfide) groups is 1. The minimum atomic E-state index is -1.10. The van der Waals surface area contributed by atoms with Gasteiger partial charge in [-0.2, -0.15) is 0 Å². The second-order valence-electron chi connectivity index (χ2n) is 11.6. The topological polar surface area (TPSA) is 145 Å². The van der Waals surface area contributed by atoms with Gasteiger partial charge in [-0.15, -0.1) is 11.8 Å². The average Bonchev–Trinajstić information content (AvgIpc) is 3.41. The zero-order chi connectivity index (χ0) is 27.8. The van der Waals surface area contributed by atoms with Crippen LogP contribution in [-0.4, -0.2) is 127 Å². The molecule has 0 aromatic rings. The molecule has 4 aliphatic heterocycles. The summed E-state index contributed by atoms with van der Waals surface area (Å²) in [5, 5.41) is 16.3. The maximum absolute atomic E-state index is 13.2. The number of nitrogens with zero attached hydrogens (tertiary/aromatic N) is 3. The molecule has 12 heteroatoms. The highest BCUT2D eigenvalue weighted by Crippen LogP contribution is 2.53. The van der Waals surface area contributed by atoms with E-state index in [1.807, 2.05) is 18.7 Å². The third-order valence-electron chi connectivity index (χ3n) is 8.81. The SMILES string of the molecule is CNCC(=O)C[C@H](C)[C@H]1C(=O)N2C(C(=O)O)=C(SC3CN[C@H](C(=O)N4CC[N+](C)(CCN)CC4)C3)[C@H](C)[C@H]12. The first-order chi connectivity index (χ1) is 18.0. The van der Waals surface area contributed by atoms with Crippen molar-refractivity contribution in [2.75, 3.05) is 66.5 Å². The van der Waals surface area contributed by atoms with Crippen molar-refractivity contribution in [2.45, 2.75) is 44.0 Å². The summed E-state index contributed by atoms with van der Waals surface area (Å²) in [6, 6.07) is -0.524. The van der Waals surface area contributed by atoms with Gasteiger partial charge in [-0.05, 0) is 19.4 Å². The molecule has 1 unspecified atom stereocenters. The number of hydrogen-bond donors (Lipinski definition) is 4. The van der Waals surface area contributed by atoms with Crippen LogP contribution < -0.4 is 16.4 Å². The monoisotopic (exact) mass is 551 g/mol. The second-order valence-corrected chi connectivity index (χ2v) is 13.0. The van der Waals surface area contributed by atoms with Crippen LogP contribution in [0.2, 0.25) is 0 Å². The van der Waals surface area contributed by atoms with Gasteiger partial charge in [0.15, 0.2) is 0 Å². The third kappa shape index (κ3) is 5.51. The number of carboxylic acids is 1. The van der Waals surface area contributed by atoms with Crippen molar-refractivity contribution in [1.82, 2.24) is 20.4 Å². The van der Waals surface area contributed by atoms with Gasteiger partial charge >= 0.3 is 5.97 Å². The highest BCUT2D eigenvalue weighted by Gasteiger charge is 2.60. The molecule has 3 fully saturated rings. The fourth-order valence-electron chi connectivity index (χ4n) is 6.61. The van der Waals surface area contributed by atoms with Gasteiger partial charge in [0.2, 0.25) is 11.8 Å². The Morgan fingerprint density at radius 2 is 1.97 bits per heavy atom. The number of piperazine rings is 1. The van der Waals surface area contributed by atoms with Crippen LogP contribution in [0.4, 0.5) is 0 Å². The summed E-state index contributed by atoms with van der Waals surface area (Å²) < 4.78 is 0.889. The van der Waals surface area contributed by atoms with Crippen molar-refractivity contribution in [2.24, 2.45) is 23.5 Å². The summed E-state index contributed by atoms with van der Waals surface area (Å²) in [6.45, 7) is 9.51. The van der Waals surface area contributed by atoms with E-state index in [-0.39, 0.29) is 71.3 Å². The number of carbonyl (C=O) groups excluding carboxylic acids is 3. The molecule has 0 aliphatic carbocycles. The first-order valence-electron chi connectivity index (χ1n) is 13.7. The van der Waals surface area contributed by atoms with Crippen molar-refractivity contribution in [3.05, 3.63) is 10.6 Å². The van der Waals surface area contributed by atoms with Crippen molar-refractivity contribution < 1.29 is 28.8 Å². The number of nitrogens with two attached hydrogens (primary N) is 1. The summed E-state index contributed by atoms with van der Waals surface area (Å²) in [4.78, 5) is 54.8. The van der Waals surface area contributed by atoms with Crippen LogP contribution in [-0.2, 0) is 19.2 Å². The van der Waals surface area contributed by atoms with Gasteiger partial charge in [0.25, 0.3) is 0 Å². The number of hydrogen-bond acceptors (Lipinski definition) is 8. The normalized spacial score (nSPS) is 31.3. The van der Waals surface area contributed by atoms with E-state index in [1.165, 1.54) is 16.7 Å². The smallest absolute Gasteiger partial charge is 0.353 e. The average molecular weight is 552 g/mol. The van der Waals surface area contributed by atoms with E-state index in [2.05, 4.69) is 17.7 Å². The Balaban J connectivity index is 1.38. The minimum Gasteiger partial charge on any atom is -0.477 e. The number of quaternary nitrogens is 1. The lowest BCUT2D eigenvalue weighted by molar-refractivity contribution is -0.911. The molecule has 38 heavy (non-hydrogen) atoms. The van der Waals surface area contributed by atoms with Crippen molar-refractivity contribution >= 4 is 35.3 Å². The molecular formula is C26H43N6O5S+. The fourth-order valence-corrected chi connectivity index (χ4v) is 8.09. The Labute approximate surface area is 229 Å². The number of β-lactam (4-membered cyclic amide) rings is 1. The molecule has 0 spiro atoms. The van der Waals surface area contributed by atoms with Crippen LogP contribution >= 0.6 is 11.8 Å². The number of Topliss-reactive ketones (excluding diaryl/α,β-unsaturated/α-hetero) is 1. The highest BCUT2D eigenvalue weighted by atomic mass is 32.2. The lowest BCUT2D eigenvalue weighted by atomic mass is 9.73. The molecular weight excluding hydrogens is 508 g/mol. The number of rotatable bonds is 11. The number of carbonyl (C=O) groups is 4. The predicted molar refractivity (Wildman–Crippen MR) is 145 cm³/mol. The summed E-state index contributed by atoms with van der Waals surface area (Å²) in [5.74, 6) is -1.81. The third-order valence-corrected chi connectivity index (χ3v) is 10.3. The largest absolute Gasteiger partial charge is 0.477 e. The summed E-state index contributed by atoms with van der Waals surface area (Å²) in [7, 11) is 3.90. The van der Waals surface area contributed by atoms with Gasteiger partial charge < -0.3 is 35.8 Å². The number of ketones is 1. The first-order valence-corrected chi connectivity index (χ1v) is 14.6. The maximum Gasteiger partial charge on any atom is 0.353 e. The van der Waals surface area contributed by atoms with E-state index >= 15 is 0 Å². The van der Waals surface area contributed by atoms with Crippen LogP contribution in [0.5, 0.6) is 0 Å². The molecule has 3 saturated heterocycles. The van der Waals surface area contributed by atoms with Crippen LogP contribution in [0.15, 0.2) is 10.6 Å². The van der Waals surface area contributed by atoms with Crippen molar-refractivity contribution in [1.29, 1.82) is 0 Å².